The van der Waals surface area contributed by atoms with Crippen LogP contribution < -0.4 is 0 Å². The van der Waals surface area contributed by atoms with Crippen LogP contribution in [0.25, 0.3) is 81.8 Å². The Balaban J connectivity index is 1.34. The van der Waals surface area contributed by atoms with Gasteiger partial charge < -0.3 is 0 Å². The van der Waals surface area contributed by atoms with Gasteiger partial charge in [0.25, 0.3) is 0 Å². The molecule has 3 aromatic heterocycles. The van der Waals surface area contributed by atoms with Crippen molar-refractivity contribution in [2.75, 3.05) is 0 Å². The summed E-state index contributed by atoms with van der Waals surface area (Å²) in [7, 11) is 0. The summed E-state index contributed by atoms with van der Waals surface area (Å²) in [5, 5.41) is 4.80. The van der Waals surface area contributed by atoms with Crippen molar-refractivity contribution in [2.24, 2.45) is 0 Å². The first kappa shape index (κ1) is 24.9. The van der Waals surface area contributed by atoms with Gasteiger partial charge in [-0.25, -0.2) is 4.98 Å². The molecule has 0 radical (unpaired) electrons. The van der Waals surface area contributed by atoms with Crippen LogP contribution in [-0.4, -0.2) is 19.5 Å². The lowest BCUT2D eigenvalue weighted by atomic mass is 10.0. The summed E-state index contributed by atoms with van der Waals surface area (Å²) in [6.07, 6.45) is 0. The van der Waals surface area contributed by atoms with Crippen molar-refractivity contribution >= 4 is 53.3 Å². The monoisotopic (exact) mass is 580 g/mol. The molecule has 9 aromatic rings. The van der Waals surface area contributed by atoms with E-state index in [4.69, 9.17) is 15.0 Å². The summed E-state index contributed by atoms with van der Waals surface area (Å²) in [5.74, 6) is 1.92. The van der Waals surface area contributed by atoms with Crippen molar-refractivity contribution in [3.05, 3.63) is 146 Å². The van der Waals surface area contributed by atoms with Gasteiger partial charge in [-0.1, -0.05) is 127 Å². The predicted octanol–water partition coefficient (Wildman–Crippen LogP) is 10.3. The summed E-state index contributed by atoms with van der Waals surface area (Å²) >= 11 is 1.81. The third kappa shape index (κ3) is 3.87. The number of thiophene rings is 1. The zero-order valence-corrected chi connectivity index (χ0v) is 24.4. The van der Waals surface area contributed by atoms with Crippen LogP contribution in [0.15, 0.2) is 146 Å². The topological polar surface area (TPSA) is 43.6 Å². The Morgan fingerprint density at radius 3 is 1.55 bits per heavy atom. The number of rotatable bonds is 4. The highest BCUT2D eigenvalue weighted by Crippen LogP contribution is 2.43. The van der Waals surface area contributed by atoms with E-state index in [0.29, 0.717) is 17.6 Å². The molecule has 0 N–H and O–H groups in total. The molecule has 0 fully saturated rings. The van der Waals surface area contributed by atoms with Crippen molar-refractivity contribution in [1.82, 2.24) is 19.5 Å². The van der Waals surface area contributed by atoms with Crippen molar-refractivity contribution < 1.29 is 0 Å². The first-order valence-corrected chi connectivity index (χ1v) is 15.5. The van der Waals surface area contributed by atoms with Crippen LogP contribution in [0, 0.1) is 0 Å². The van der Waals surface area contributed by atoms with Crippen LogP contribution in [0.4, 0.5) is 0 Å². The van der Waals surface area contributed by atoms with Gasteiger partial charge in [0.15, 0.2) is 11.6 Å². The second-order valence-electron chi connectivity index (χ2n) is 10.9. The zero-order valence-electron chi connectivity index (χ0n) is 23.6. The van der Waals surface area contributed by atoms with E-state index in [1.54, 1.807) is 0 Å². The van der Waals surface area contributed by atoms with Crippen molar-refractivity contribution in [3.63, 3.8) is 0 Å². The standard InChI is InChI=1S/C39H24N4S/c1-3-13-25(14-4-1)27-19-11-20-30-31-21-12-22-32(36(31)44-35(27)30)38-40-37(26-15-5-2-6-16-26)41-39(42-38)43-33-23-9-7-17-28(33)29-18-8-10-24-34(29)43/h1-24H. The number of benzene rings is 6. The molecule has 0 amide bonds. The van der Waals surface area contributed by atoms with Gasteiger partial charge in [0.1, 0.15) is 0 Å². The summed E-state index contributed by atoms with van der Waals surface area (Å²) in [6, 6.07) is 50.7. The molecule has 0 aliphatic rings. The molecule has 5 heteroatoms. The van der Waals surface area contributed by atoms with Gasteiger partial charge in [0, 0.05) is 42.1 Å². The van der Waals surface area contributed by atoms with Gasteiger partial charge >= 0.3 is 0 Å². The Morgan fingerprint density at radius 2 is 0.886 bits per heavy atom. The third-order valence-corrected chi connectivity index (χ3v) is 9.57. The van der Waals surface area contributed by atoms with Crippen LogP contribution >= 0.6 is 11.3 Å². The van der Waals surface area contributed by atoms with Crippen LogP contribution in [0.1, 0.15) is 0 Å². The van der Waals surface area contributed by atoms with Gasteiger partial charge in [-0.2, -0.15) is 9.97 Å². The molecular formula is C39H24N4S. The maximum absolute atomic E-state index is 5.22. The van der Waals surface area contributed by atoms with E-state index in [9.17, 15) is 0 Å². The molecule has 0 aliphatic heterocycles. The van der Waals surface area contributed by atoms with Crippen molar-refractivity contribution in [3.8, 4) is 39.9 Å². The molecule has 9 rings (SSSR count). The molecule has 0 saturated heterocycles. The van der Waals surface area contributed by atoms with Crippen LogP contribution in [0.3, 0.4) is 0 Å². The molecule has 0 unspecified atom stereocenters. The Kier molecular flexibility index (Phi) is 5.64. The fraction of sp³-hybridized carbons (Fsp3) is 0. The highest BCUT2D eigenvalue weighted by Gasteiger charge is 2.20. The van der Waals surface area contributed by atoms with E-state index >= 15 is 0 Å². The Bertz CT molecular complexity index is 2440. The lowest BCUT2D eigenvalue weighted by Crippen LogP contribution is -2.06. The van der Waals surface area contributed by atoms with E-state index in [1.165, 1.54) is 42.1 Å². The summed E-state index contributed by atoms with van der Waals surface area (Å²) in [5.41, 5.74) is 6.54. The first-order chi connectivity index (χ1) is 21.8. The summed E-state index contributed by atoms with van der Waals surface area (Å²) < 4.78 is 4.60. The van der Waals surface area contributed by atoms with Gasteiger partial charge in [-0.3, -0.25) is 4.57 Å². The Morgan fingerprint density at radius 1 is 0.386 bits per heavy atom. The van der Waals surface area contributed by atoms with Gasteiger partial charge in [-0.15, -0.1) is 11.3 Å². The minimum Gasteiger partial charge on any atom is -0.278 e. The molecule has 0 atom stereocenters. The zero-order chi connectivity index (χ0) is 29.0. The van der Waals surface area contributed by atoms with Gasteiger partial charge in [-0.05, 0) is 29.3 Å². The minimum absolute atomic E-state index is 0.606. The fourth-order valence-corrected chi connectivity index (χ4v) is 7.63. The summed E-state index contributed by atoms with van der Waals surface area (Å²) in [6.45, 7) is 0. The predicted molar refractivity (Wildman–Crippen MR) is 183 cm³/mol. The molecule has 4 nitrogen and oxygen atoms in total. The second-order valence-corrected chi connectivity index (χ2v) is 11.9. The number of hydrogen-bond donors (Lipinski definition) is 0. The number of hydrogen-bond acceptors (Lipinski definition) is 4. The van der Waals surface area contributed by atoms with Gasteiger partial charge in [0.2, 0.25) is 5.95 Å². The smallest absolute Gasteiger partial charge is 0.238 e. The fourth-order valence-electron chi connectivity index (χ4n) is 6.28. The average Bonchev–Trinajstić information content (AvgIpc) is 3.65. The molecule has 3 heterocycles. The number of fused-ring (bicyclic) bond motifs is 6. The molecule has 0 aliphatic carbocycles. The molecule has 0 spiro atoms. The quantitative estimate of drug-likeness (QED) is 0.208. The second kappa shape index (κ2) is 9.97. The maximum Gasteiger partial charge on any atom is 0.238 e. The highest BCUT2D eigenvalue weighted by molar-refractivity contribution is 7.26. The maximum atomic E-state index is 5.22. The first-order valence-electron chi connectivity index (χ1n) is 14.6. The van der Waals surface area contributed by atoms with Gasteiger partial charge in [0.05, 0.1) is 11.0 Å². The Hall–Kier alpha value is -5.65. The lowest BCUT2D eigenvalue weighted by Gasteiger charge is -2.11. The molecule has 0 saturated carbocycles. The highest BCUT2D eigenvalue weighted by atomic mass is 32.1. The van der Waals surface area contributed by atoms with E-state index in [-0.39, 0.29) is 0 Å². The summed E-state index contributed by atoms with van der Waals surface area (Å²) in [4.78, 5) is 15.4. The van der Waals surface area contributed by atoms with E-state index in [0.717, 1.165) is 22.2 Å². The van der Waals surface area contributed by atoms with Crippen molar-refractivity contribution in [1.29, 1.82) is 0 Å². The third-order valence-electron chi connectivity index (χ3n) is 8.29. The average molecular weight is 581 g/mol. The molecule has 6 aromatic carbocycles. The molecule has 44 heavy (non-hydrogen) atoms. The number of para-hydroxylation sites is 2. The van der Waals surface area contributed by atoms with E-state index in [1.807, 2.05) is 29.5 Å². The SMILES string of the molecule is c1ccc(-c2nc(-c3cccc4c3sc3c(-c5ccccc5)cccc34)nc(-n3c4ccccc4c4ccccc43)n2)cc1. The Labute approximate surface area is 257 Å². The lowest BCUT2D eigenvalue weighted by molar-refractivity contribution is 0.954. The number of nitrogens with zero attached hydrogens (tertiary/aromatic N) is 4. The number of aromatic nitrogens is 4. The normalized spacial score (nSPS) is 11.6. The van der Waals surface area contributed by atoms with E-state index in [2.05, 4.69) is 132 Å². The molecule has 206 valence electrons. The van der Waals surface area contributed by atoms with Crippen LogP contribution in [0.2, 0.25) is 0 Å². The largest absolute Gasteiger partial charge is 0.278 e. The van der Waals surface area contributed by atoms with Crippen LogP contribution in [0.5, 0.6) is 0 Å². The van der Waals surface area contributed by atoms with Crippen molar-refractivity contribution in [2.45, 2.75) is 0 Å². The minimum atomic E-state index is 0.606. The molecular weight excluding hydrogens is 557 g/mol. The molecule has 0 bridgehead atoms. The van der Waals surface area contributed by atoms with E-state index < -0.39 is 0 Å². The van der Waals surface area contributed by atoms with Crippen LogP contribution in [-0.2, 0) is 0 Å².